The molecule has 0 saturated carbocycles. The summed E-state index contributed by atoms with van der Waals surface area (Å²) in [7, 11) is 0. The van der Waals surface area contributed by atoms with Crippen molar-refractivity contribution in [3.63, 3.8) is 0 Å². The quantitative estimate of drug-likeness (QED) is 0.325. The molecule has 8 heteroatoms. The van der Waals surface area contributed by atoms with Gasteiger partial charge in [-0.3, -0.25) is 14.2 Å². The largest absolute Gasteiger partial charge is 0.481 e. The lowest BCUT2D eigenvalue weighted by Gasteiger charge is -2.11. The van der Waals surface area contributed by atoms with Gasteiger partial charge in [0, 0.05) is 23.6 Å². The molecule has 4 rings (SSSR count). The summed E-state index contributed by atoms with van der Waals surface area (Å²) in [5, 5.41) is 24.9. The minimum atomic E-state index is -0.886. The summed E-state index contributed by atoms with van der Waals surface area (Å²) in [5.74, 6) is -0.127. The smallest absolute Gasteiger partial charge is 0.307 e. The number of nitrogens with zero attached hydrogens (tertiary/aromatic N) is 4. The predicted octanol–water partition coefficient (Wildman–Crippen LogP) is 4.03. The number of hydrogen-bond acceptors (Lipinski definition) is 6. The van der Waals surface area contributed by atoms with Gasteiger partial charge in [0.2, 0.25) is 0 Å². The van der Waals surface area contributed by atoms with Crippen LogP contribution >= 0.6 is 0 Å². The molecule has 0 bridgehead atoms. The number of nitrogens with one attached hydrogen (secondary N) is 1. The Morgan fingerprint density at radius 3 is 3.00 bits per heavy atom. The monoisotopic (exact) mass is 403 g/mol. The summed E-state index contributed by atoms with van der Waals surface area (Å²) < 4.78 is 1.91. The van der Waals surface area contributed by atoms with E-state index in [2.05, 4.69) is 15.5 Å². The molecular formula is C22H21N5O3. The van der Waals surface area contributed by atoms with Crippen LogP contribution in [0.4, 0.5) is 11.5 Å². The van der Waals surface area contributed by atoms with E-state index in [1.54, 1.807) is 24.5 Å². The summed E-state index contributed by atoms with van der Waals surface area (Å²) in [6, 6.07) is 5.94. The molecule has 1 aliphatic rings. The second-order valence-corrected chi connectivity index (χ2v) is 6.90. The number of allylic oxidation sites excluding steroid dienone is 3. The Morgan fingerprint density at radius 1 is 1.37 bits per heavy atom. The van der Waals surface area contributed by atoms with Gasteiger partial charge in [0.15, 0.2) is 5.65 Å². The van der Waals surface area contributed by atoms with Crippen LogP contribution in [0.5, 0.6) is 0 Å². The van der Waals surface area contributed by atoms with Gasteiger partial charge in [-0.15, -0.1) is 0 Å². The molecule has 0 aliphatic heterocycles. The molecule has 2 heterocycles. The third kappa shape index (κ3) is 3.67. The third-order valence-corrected chi connectivity index (χ3v) is 5.04. The van der Waals surface area contributed by atoms with Crippen LogP contribution in [0.15, 0.2) is 60.2 Å². The average molecular weight is 403 g/mol. The number of carbonyl (C=O) groups is 1. The van der Waals surface area contributed by atoms with Crippen molar-refractivity contribution < 1.29 is 15.1 Å². The van der Waals surface area contributed by atoms with Gasteiger partial charge in [0.05, 0.1) is 18.3 Å². The highest BCUT2D eigenvalue weighted by Crippen LogP contribution is 2.31. The summed E-state index contributed by atoms with van der Waals surface area (Å²) in [5.41, 5.74) is 5.87. The molecule has 0 spiro atoms. The second kappa shape index (κ2) is 8.20. The van der Waals surface area contributed by atoms with Crippen molar-refractivity contribution in [2.45, 2.75) is 26.2 Å². The summed E-state index contributed by atoms with van der Waals surface area (Å²) in [6.45, 7) is 1.89. The van der Waals surface area contributed by atoms with Crippen LogP contribution in [0.2, 0.25) is 0 Å². The van der Waals surface area contributed by atoms with E-state index in [0.717, 1.165) is 41.0 Å². The van der Waals surface area contributed by atoms with Crippen molar-refractivity contribution in [1.82, 2.24) is 14.4 Å². The lowest BCUT2D eigenvalue weighted by Crippen LogP contribution is -2.00. The molecular weight excluding hydrogens is 382 g/mol. The number of benzene rings is 1. The molecule has 1 aliphatic carbocycles. The summed E-state index contributed by atoms with van der Waals surface area (Å²) >= 11 is 0. The van der Waals surface area contributed by atoms with E-state index >= 15 is 0 Å². The molecule has 0 fully saturated rings. The first-order valence-corrected chi connectivity index (χ1v) is 9.59. The molecule has 1 aromatic carbocycles. The minimum absolute atomic E-state index is 0.0609. The first-order chi connectivity index (χ1) is 14.6. The Kier molecular flexibility index (Phi) is 5.30. The molecule has 3 N–H and O–H groups in total. The van der Waals surface area contributed by atoms with Crippen molar-refractivity contribution in [2.75, 3.05) is 5.32 Å². The standard InChI is InChI=1S/C22H21N5O3/c1-2-14(4-3-5-20(28)29)21-22(27-11-10-23-13-19(27)25-21)24-16-7-8-17-15(12-16)6-9-18(17)26-30/h2-4,7-8,10-13,24,30H,5-6,9H2,1H3,(H,28,29)/b4-3-,14-2+,26-18+. The second-order valence-electron chi connectivity index (χ2n) is 6.90. The molecule has 0 radical (unpaired) electrons. The number of fused-ring (bicyclic) bond motifs is 2. The topological polar surface area (TPSA) is 112 Å². The normalized spacial score (nSPS) is 15.2. The lowest BCUT2D eigenvalue weighted by atomic mass is 10.1. The molecule has 8 nitrogen and oxygen atoms in total. The average Bonchev–Trinajstić information content (AvgIpc) is 3.32. The van der Waals surface area contributed by atoms with Gasteiger partial charge in [-0.25, -0.2) is 4.98 Å². The van der Waals surface area contributed by atoms with Crippen LogP contribution in [-0.4, -0.2) is 36.4 Å². The Balaban J connectivity index is 1.74. The van der Waals surface area contributed by atoms with E-state index in [1.807, 2.05) is 41.8 Å². The number of aromatic nitrogens is 3. The molecule has 3 aromatic rings. The number of carboxylic acids is 1. The minimum Gasteiger partial charge on any atom is -0.481 e. The maximum absolute atomic E-state index is 10.9. The van der Waals surface area contributed by atoms with Gasteiger partial charge < -0.3 is 15.6 Å². The van der Waals surface area contributed by atoms with E-state index in [1.165, 1.54) is 0 Å². The van der Waals surface area contributed by atoms with Gasteiger partial charge >= 0.3 is 5.97 Å². The predicted molar refractivity (Wildman–Crippen MR) is 114 cm³/mol. The van der Waals surface area contributed by atoms with E-state index in [0.29, 0.717) is 17.1 Å². The summed E-state index contributed by atoms with van der Waals surface area (Å²) in [6.07, 6.45) is 11.9. The van der Waals surface area contributed by atoms with Crippen molar-refractivity contribution in [2.24, 2.45) is 5.16 Å². The first-order valence-electron chi connectivity index (χ1n) is 9.59. The zero-order valence-electron chi connectivity index (χ0n) is 16.4. The Morgan fingerprint density at radius 2 is 2.23 bits per heavy atom. The maximum atomic E-state index is 10.9. The molecule has 2 aromatic heterocycles. The Hall–Kier alpha value is -3.94. The molecule has 0 amide bonds. The molecule has 0 atom stereocenters. The molecule has 0 unspecified atom stereocenters. The zero-order chi connectivity index (χ0) is 21.1. The molecule has 0 saturated heterocycles. The van der Waals surface area contributed by atoms with Gasteiger partial charge in [-0.1, -0.05) is 29.5 Å². The Bertz CT molecular complexity index is 1210. The Labute approximate surface area is 172 Å². The number of aliphatic carboxylic acids is 1. The molecule has 152 valence electrons. The van der Waals surface area contributed by atoms with E-state index < -0.39 is 5.97 Å². The first kappa shape index (κ1) is 19.4. The zero-order valence-corrected chi connectivity index (χ0v) is 16.4. The van der Waals surface area contributed by atoms with Crippen molar-refractivity contribution in [3.8, 4) is 0 Å². The van der Waals surface area contributed by atoms with E-state index in [4.69, 9.17) is 15.3 Å². The SMILES string of the molecule is C/C=C(\C=C/CC(=O)O)c1nc2cnccn2c1Nc1ccc2c(c1)CC/C2=N\O. The number of carboxylic acid groups (broad SMARTS) is 1. The number of imidazole rings is 1. The van der Waals surface area contributed by atoms with Crippen molar-refractivity contribution >= 4 is 34.4 Å². The fourth-order valence-electron chi connectivity index (χ4n) is 3.61. The number of aryl methyl sites for hydroxylation is 1. The lowest BCUT2D eigenvalue weighted by molar-refractivity contribution is -0.136. The van der Waals surface area contributed by atoms with Gasteiger partial charge in [0.1, 0.15) is 11.5 Å². The fraction of sp³-hybridized carbons (Fsp3) is 0.182. The molecule has 30 heavy (non-hydrogen) atoms. The highest BCUT2D eigenvalue weighted by Gasteiger charge is 2.20. The fourth-order valence-corrected chi connectivity index (χ4v) is 3.61. The van der Waals surface area contributed by atoms with Crippen molar-refractivity contribution in [3.05, 3.63) is 71.8 Å². The number of rotatable bonds is 6. The van der Waals surface area contributed by atoms with Gasteiger partial charge in [0.25, 0.3) is 0 Å². The maximum Gasteiger partial charge on any atom is 0.307 e. The number of oxime groups is 1. The van der Waals surface area contributed by atoms with Crippen LogP contribution in [0.1, 0.15) is 36.6 Å². The van der Waals surface area contributed by atoms with Crippen LogP contribution in [0.3, 0.4) is 0 Å². The van der Waals surface area contributed by atoms with Crippen LogP contribution < -0.4 is 5.32 Å². The van der Waals surface area contributed by atoms with Crippen molar-refractivity contribution in [1.29, 1.82) is 0 Å². The van der Waals surface area contributed by atoms with Crippen LogP contribution in [-0.2, 0) is 11.2 Å². The third-order valence-electron chi connectivity index (χ3n) is 5.04. The highest BCUT2D eigenvalue weighted by atomic mass is 16.4. The van der Waals surface area contributed by atoms with Gasteiger partial charge in [-0.2, -0.15) is 0 Å². The van der Waals surface area contributed by atoms with E-state index in [-0.39, 0.29) is 6.42 Å². The van der Waals surface area contributed by atoms with Crippen LogP contribution in [0.25, 0.3) is 11.2 Å². The highest BCUT2D eigenvalue weighted by molar-refractivity contribution is 6.04. The number of anilines is 2. The number of hydrogen-bond donors (Lipinski definition) is 3. The summed E-state index contributed by atoms with van der Waals surface area (Å²) in [4.78, 5) is 19.7. The van der Waals surface area contributed by atoms with E-state index in [9.17, 15) is 4.79 Å². The van der Waals surface area contributed by atoms with Crippen LogP contribution in [0, 0.1) is 0 Å². The van der Waals surface area contributed by atoms with Gasteiger partial charge in [-0.05, 0) is 43.0 Å².